The van der Waals surface area contributed by atoms with Crippen LogP contribution in [0.3, 0.4) is 0 Å². The number of hydrogen-bond acceptors (Lipinski definition) is 3. The second kappa shape index (κ2) is 8.55. The molecule has 0 aliphatic rings. The van der Waals surface area contributed by atoms with Crippen LogP contribution in [0.15, 0.2) is 30.3 Å². The fourth-order valence-corrected chi connectivity index (χ4v) is 1.92. The topological polar surface area (TPSA) is 44.8 Å². The lowest BCUT2D eigenvalue weighted by Crippen LogP contribution is -2.42. The molecular formula is C15H25N3O2. The summed E-state index contributed by atoms with van der Waals surface area (Å²) in [6, 6.07) is 10.3. The molecule has 1 aromatic carbocycles. The molecule has 0 saturated heterocycles. The SMILES string of the molecule is COCCN(C)C(=O)NCC(c1ccccc1)N(C)C. The maximum absolute atomic E-state index is 11.9. The van der Waals surface area contributed by atoms with Crippen molar-refractivity contribution in [1.82, 2.24) is 15.1 Å². The van der Waals surface area contributed by atoms with Crippen LogP contribution in [0.4, 0.5) is 4.79 Å². The van der Waals surface area contributed by atoms with Crippen molar-refractivity contribution in [2.75, 3.05) is 47.9 Å². The first-order chi connectivity index (χ1) is 9.56. The second-order valence-electron chi connectivity index (χ2n) is 4.99. The number of carbonyl (C=O) groups is 1. The highest BCUT2D eigenvalue weighted by molar-refractivity contribution is 5.73. The van der Waals surface area contributed by atoms with Crippen molar-refractivity contribution in [2.24, 2.45) is 0 Å². The summed E-state index contributed by atoms with van der Waals surface area (Å²) in [4.78, 5) is 15.7. The van der Waals surface area contributed by atoms with Crippen LogP contribution in [-0.2, 0) is 4.74 Å². The lowest BCUT2D eigenvalue weighted by Gasteiger charge is -2.26. The van der Waals surface area contributed by atoms with Gasteiger partial charge in [-0.2, -0.15) is 0 Å². The van der Waals surface area contributed by atoms with Gasteiger partial charge in [-0.25, -0.2) is 4.79 Å². The Morgan fingerprint density at radius 1 is 1.25 bits per heavy atom. The number of methoxy groups -OCH3 is 1. The predicted molar refractivity (Wildman–Crippen MR) is 80.8 cm³/mol. The van der Waals surface area contributed by atoms with E-state index in [1.165, 1.54) is 5.56 Å². The first-order valence-corrected chi connectivity index (χ1v) is 6.75. The number of carbonyl (C=O) groups excluding carboxylic acids is 1. The second-order valence-corrected chi connectivity index (χ2v) is 4.99. The highest BCUT2D eigenvalue weighted by Gasteiger charge is 2.16. The molecule has 5 nitrogen and oxygen atoms in total. The van der Waals surface area contributed by atoms with Crippen LogP contribution in [-0.4, -0.2) is 63.8 Å². The molecule has 0 bridgehead atoms. The van der Waals surface area contributed by atoms with Crippen LogP contribution < -0.4 is 5.32 Å². The Morgan fingerprint density at radius 2 is 1.90 bits per heavy atom. The number of nitrogens with zero attached hydrogens (tertiary/aromatic N) is 2. The molecule has 0 fully saturated rings. The third kappa shape index (κ3) is 5.19. The first-order valence-electron chi connectivity index (χ1n) is 6.75. The quantitative estimate of drug-likeness (QED) is 0.824. The molecule has 1 N–H and O–H groups in total. The Bertz CT molecular complexity index is 395. The number of amides is 2. The number of nitrogens with one attached hydrogen (secondary N) is 1. The Morgan fingerprint density at radius 3 is 2.45 bits per heavy atom. The van der Waals surface area contributed by atoms with Crippen molar-refractivity contribution in [3.63, 3.8) is 0 Å². The van der Waals surface area contributed by atoms with E-state index < -0.39 is 0 Å². The van der Waals surface area contributed by atoms with E-state index in [0.29, 0.717) is 19.7 Å². The third-order valence-corrected chi connectivity index (χ3v) is 3.23. The molecule has 0 aliphatic heterocycles. The summed E-state index contributed by atoms with van der Waals surface area (Å²) in [5.74, 6) is 0. The molecule has 0 saturated carbocycles. The molecule has 1 rings (SSSR count). The summed E-state index contributed by atoms with van der Waals surface area (Å²) in [5.41, 5.74) is 1.19. The van der Waals surface area contributed by atoms with Gasteiger partial charge in [-0.05, 0) is 19.7 Å². The molecule has 1 aromatic rings. The minimum atomic E-state index is -0.0789. The maximum Gasteiger partial charge on any atom is 0.317 e. The van der Waals surface area contributed by atoms with E-state index in [4.69, 9.17) is 4.74 Å². The molecular weight excluding hydrogens is 254 g/mol. The van der Waals surface area contributed by atoms with Crippen molar-refractivity contribution in [2.45, 2.75) is 6.04 Å². The van der Waals surface area contributed by atoms with Gasteiger partial charge in [0.15, 0.2) is 0 Å². The molecule has 0 aliphatic carbocycles. The highest BCUT2D eigenvalue weighted by atomic mass is 16.5. The van der Waals surface area contributed by atoms with Gasteiger partial charge in [0, 0.05) is 27.2 Å². The van der Waals surface area contributed by atoms with Gasteiger partial charge in [-0.3, -0.25) is 0 Å². The summed E-state index contributed by atoms with van der Waals surface area (Å²) >= 11 is 0. The molecule has 2 amide bonds. The standard InChI is InChI=1S/C15H25N3O2/c1-17(2)14(13-8-6-5-7-9-13)12-16-15(19)18(3)10-11-20-4/h5-9,14H,10-12H2,1-4H3,(H,16,19). The number of rotatable bonds is 7. The molecule has 0 aromatic heterocycles. The maximum atomic E-state index is 11.9. The molecule has 0 heterocycles. The Labute approximate surface area is 121 Å². The number of urea groups is 1. The number of likely N-dealkylation sites (N-methyl/N-ethyl adjacent to an activating group) is 2. The van der Waals surface area contributed by atoms with Crippen LogP contribution in [0, 0.1) is 0 Å². The summed E-state index contributed by atoms with van der Waals surface area (Å²) < 4.78 is 4.97. The fraction of sp³-hybridized carbons (Fsp3) is 0.533. The van der Waals surface area contributed by atoms with E-state index >= 15 is 0 Å². The summed E-state index contributed by atoms with van der Waals surface area (Å²) in [7, 11) is 7.42. The van der Waals surface area contributed by atoms with Crippen molar-refractivity contribution >= 4 is 6.03 Å². The first kappa shape index (κ1) is 16.5. The smallest absolute Gasteiger partial charge is 0.317 e. The van der Waals surface area contributed by atoms with Crippen LogP contribution in [0.1, 0.15) is 11.6 Å². The Kier molecular flexibility index (Phi) is 7.04. The summed E-state index contributed by atoms with van der Waals surface area (Å²) in [5, 5.41) is 2.96. The van der Waals surface area contributed by atoms with E-state index in [1.54, 1.807) is 19.1 Å². The Balaban J connectivity index is 2.54. The number of hydrogen-bond donors (Lipinski definition) is 1. The minimum Gasteiger partial charge on any atom is -0.383 e. The highest BCUT2D eigenvalue weighted by Crippen LogP contribution is 2.16. The fourth-order valence-electron chi connectivity index (χ4n) is 1.92. The molecule has 1 atom stereocenters. The van der Waals surface area contributed by atoms with Gasteiger partial charge in [0.05, 0.1) is 12.6 Å². The average Bonchev–Trinajstić information content (AvgIpc) is 2.45. The van der Waals surface area contributed by atoms with Crippen molar-refractivity contribution < 1.29 is 9.53 Å². The summed E-state index contributed by atoms with van der Waals surface area (Å²) in [6.45, 7) is 1.70. The molecule has 0 spiro atoms. The zero-order chi connectivity index (χ0) is 15.0. The van der Waals surface area contributed by atoms with Crippen LogP contribution in [0.5, 0.6) is 0 Å². The molecule has 0 radical (unpaired) electrons. The zero-order valence-corrected chi connectivity index (χ0v) is 12.8. The van der Waals surface area contributed by atoms with Gasteiger partial charge in [0.1, 0.15) is 0 Å². The van der Waals surface area contributed by atoms with Crippen LogP contribution >= 0.6 is 0 Å². The molecule has 112 valence electrons. The average molecular weight is 279 g/mol. The van der Waals surface area contributed by atoms with Gasteiger partial charge in [-0.15, -0.1) is 0 Å². The van der Waals surface area contributed by atoms with Gasteiger partial charge in [-0.1, -0.05) is 30.3 Å². The third-order valence-electron chi connectivity index (χ3n) is 3.23. The van der Waals surface area contributed by atoms with Crippen molar-refractivity contribution in [3.05, 3.63) is 35.9 Å². The lowest BCUT2D eigenvalue weighted by atomic mass is 10.1. The largest absolute Gasteiger partial charge is 0.383 e. The lowest BCUT2D eigenvalue weighted by molar-refractivity contribution is 0.158. The number of benzene rings is 1. The van der Waals surface area contributed by atoms with E-state index in [-0.39, 0.29) is 12.1 Å². The summed E-state index contributed by atoms with van der Waals surface area (Å²) in [6.07, 6.45) is 0. The minimum absolute atomic E-state index is 0.0789. The normalized spacial score (nSPS) is 12.2. The van der Waals surface area contributed by atoms with E-state index in [1.807, 2.05) is 32.3 Å². The van der Waals surface area contributed by atoms with Gasteiger partial charge in [0.25, 0.3) is 0 Å². The molecule has 1 unspecified atom stereocenters. The van der Waals surface area contributed by atoms with Gasteiger partial charge < -0.3 is 19.9 Å². The van der Waals surface area contributed by atoms with Crippen LogP contribution in [0.2, 0.25) is 0 Å². The van der Waals surface area contributed by atoms with Crippen molar-refractivity contribution in [3.8, 4) is 0 Å². The van der Waals surface area contributed by atoms with E-state index in [9.17, 15) is 4.79 Å². The van der Waals surface area contributed by atoms with E-state index in [0.717, 1.165) is 0 Å². The predicted octanol–water partition coefficient (Wildman–Crippen LogP) is 1.58. The van der Waals surface area contributed by atoms with E-state index in [2.05, 4.69) is 22.3 Å². The number of ether oxygens (including phenoxy) is 1. The molecule has 5 heteroatoms. The van der Waals surface area contributed by atoms with Crippen molar-refractivity contribution in [1.29, 1.82) is 0 Å². The van der Waals surface area contributed by atoms with Gasteiger partial charge in [0.2, 0.25) is 0 Å². The molecule has 20 heavy (non-hydrogen) atoms. The van der Waals surface area contributed by atoms with Crippen LogP contribution in [0.25, 0.3) is 0 Å². The zero-order valence-electron chi connectivity index (χ0n) is 12.8. The Hall–Kier alpha value is -1.59. The van der Waals surface area contributed by atoms with Gasteiger partial charge >= 0.3 is 6.03 Å². The monoisotopic (exact) mass is 279 g/mol.